The minimum absolute atomic E-state index is 0.172. The van der Waals surface area contributed by atoms with Crippen LogP contribution in [0.1, 0.15) is 26.7 Å². The first-order valence-electron chi connectivity index (χ1n) is 8.10. The summed E-state index contributed by atoms with van der Waals surface area (Å²) in [5, 5.41) is 0.539. The Labute approximate surface area is 136 Å². The van der Waals surface area contributed by atoms with E-state index in [1.54, 1.807) is 18.6 Å². The van der Waals surface area contributed by atoms with Crippen molar-refractivity contribution in [3.63, 3.8) is 0 Å². The number of carbonyl (C=O) groups is 1. The summed E-state index contributed by atoms with van der Waals surface area (Å²) in [6, 6.07) is 0.351. The van der Waals surface area contributed by atoms with Gasteiger partial charge in [-0.25, -0.2) is 4.98 Å². The number of hydrogen-bond donors (Lipinski definition) is 0. The van der Waals surface area contributed by atoms with Gasteiger partial charge in [-0.2, -0.15) is 11.8 Å². The third-order valence-electron chi connectivity index (χ3n) is 4.88. The molecule has 1 amide bonds. The molecule has 22 heavy (non-hydrogen) atoms. The Kier molecular flexibility index (Phi) is 4.86. The lowest BCUT2D eigenvalue weighted by Gasteiger charge is -2.41. The van der Waals surface area contributed by atoms with Crippen molar-refractivity contribution < 1.29 is 4.79 Å². The van der Waals surface area contributed by atoms with Crippen LogP contribution in [0.2, 0.25) is 0 Å². The maximum atomic E-state index is 12.8. The van der Waals surface area contributed by atoms with Gasteiger partial charge >= 0.3 is 0 Å². The molecule has 2 aliphatic rings. The van der Waals surface area contributed by atoms with Crippen LogP contribution in [0.4, 0.5) is 5.82 Å². The van der Waals surface area contributed by atoms with Crippen molar-refractivity contribution >= 4 is 23.5 Å². The average molecular weight is 320 g/mol. The van der Waals surface area contributed by atoms with E-state index in [0.717, 1.165) is 44.0 Å². The number of anilines is 1. The SMILES string of the molecule is C[C@@H]1[C@@H](C)SCCN1C(=O)C1CCN(c2cnccn2)CC1. The van der Waals surface area contributed by atoms with E-state index < -0.39 is 0 Å². The van der Waals surface area contributed by atoms with Crippen molar-refractivity contribution in [1.82, 2.24) is 14.9 Å². The summed E-state index contributed by atoms with van der Waals surface area (Å²) < 4.78 is 0. The smallest absolute Gasteiger partial charge is 0.226 e. The molecule has 1 aromatic rings. The summed E-state index contributed by atoms with van der Waals surface area (Å²) >= 11 is 1.97. The van der Waals surface area contributed by atoms with Gasteiger partial charge in [0.25, 0.3) is 0 Å². The van der Waals surface area contributed by atoms with E-state index in [4.69, 9.17) is 0 Å². The molecule has 5 nitrogen and oxygen atoms in total. The molecule has 0 spiro atoms. The van der Waals surface area contributed by atoms with Gasteiger partial charge in [0.1, 0.15) is 5.82 Å². The number of aromatic nitrogens is 2. The summed E-state index contributed by atoms with van der Waals surface area (Å²) in [5.41, 5.74) is 0. The largest absolute Gasteiger partial charge is 0.355 e. The Morgan fingerprint density at radius 2 is 2.00 bits per heavy atom. The normalized spacial score (nSPS) is 27.0. The van der Waals surface area contributed by atoms with E-state index in [-0.39, 0.29) is 5.92 Å². The zero-order valence-electron chi connectivity index (χ0n) is 13.3. The predicted octanol–water partition coefficient (Wildman–Crippen LogP) is 2.05. The molecule has 2 atom stereocenters. The highest BCUT2D eigenvalue weighted by Gasteiger charge is 2.34. The minimum Gasteiger partial charge on any atom is -0.355 e. The standard InChI is InChI=1S/C16H24N4OS/c1-12-13(2)22-10-9-20(12)16(21)14-3-7-19(8-4-14)15-11-17-5-6-18-15/h5-6,11-14H,3-4,7-10H2,1-2H3/t12-,13-/m1/s1. The average Bonchev–Trinajstić information content (AvgIpc) is 2.58. The highest BCUT2D eigenvalue weighted by Crippen LogP contribution is 2.28. The van der Waals surface area contributed by atoms with Crippen LogP contribution in [0.5, 0.6) is 0 Å². The van der Waals surface area contributed by atoms with Gasteiger partial charge in [0.2, 0.25) is 5.91 Å². The summed E-state index contributed by atoms with van der Waals surface area (Å²) in [6.07, 6.45) is 7.05. The van der Waals surface area contributed by atoms with Gasteiger partial charge in [-0.15, -0.1) is 0 Å². The molecule has 0 saturated carbocycles. The summed E-state index contributed by atoms with van der Waals surface area (Å²) in [4.78, 5) is 25.6. The van der Waals surface area contributed by atoms with E-state index in [1.807, 2.05) is 11.8 Å². The van der Waals surface area contributed by atoms with Gasteiger partial charge in [0.15, 0.2) is 0 Å². The molecule has 6 heteroatoms. The van der Waals surface area contributed by atoms with E-state index in [0.29, 0.717) is 17.2 Å². The van der Waals surface area contributed by atoms with Crippen LogP contribution in [0.15, 0.2) is 18.6 Å². The van der Waals surface area contributed by atoms with Gasteiger partial charge in [-0.1, -0.05) is 6.92 Å². The molecular formula is C16H24N4OS. The van der Waals surface area contributed by atoms with Crippen LogP contribution in [0, 0.1) is 5.92 Å². The third kappa shape index (κ3) is 3.21. The van der Waals surface area contributed by atoms with Gasteiger partial charge < -0.3 is 9.80 Å². The molecule has 3 heterocycles. The summed E-state index contributed by atoms with van der Waals surface area (Å²) in [5.74, 6) is 2.52. The molecule has 0 bridgehead atoms. The Balaban J connectivity index is 1.58. The number of piperidine rings is 1. The number of rotatable bonds is 2. The molecule has 0 N–H and O–H groups in total. The van der Waals surface area contributed by atoms with Crippen LogP contribution in [-0.2, 0) is 4.79 Å². The predicted molar refractivity (Wildman–Crippen MR) is 90.1 cm³/mol. The lowest BCUT2D eigenvalue weighted by molar-refractivity contribution is -0.138. The molecule has 3 rings (SSSR count). The molecule has 2 saturated heterocycles. The zero-order valence-corrected chi connectivity index (χ0v) is 14.1. The second-order valence-electron chi connectivity index (χ2n) is 6.17. The van der Waals surface area contributed by atoms with Crippen LogP contribution in [-0.4, -0.2) is 57.5 Å². The maximum Gasteiger partial charge on any atom is 0.226 e. The minimum atomic E-state index is 0.172. The van der Waals surface area contributed by atoms with Gasteiger partial charge in [0, 0.05) is 55.0 Å². The molecule has 120 valence electrons. The van der Waals surface area contributed by atoms with Crippen molar-refractivity contribution in [2.75, 3.05) is 30.3 Å². The Bertz CT molecular complexity index is 504. The van der Waals surface area contributed by atoms with Crippen LogP contribution in [0.3, 0.4) is 0 Å². The first-order valence-corrected chi connectivity index (χ1v) is 9.14. The lowest BCUT2D eigenvalue weighted by atomic mass is 9.94. The van der Waals surface area contributed by atoms with E-state index in [9.17, 15) is 4.79 Å². The fraction of sp³-hybridized carbons (Fsp3) is 0.688. The highest BCUT2D eigenvalue weighted by molar-refractivity contribution is 8.00. The van der Waals surface area contributed by atoms with Gasteiger partial charge in [0.05, 0.1) is 6.20 Å². The Hall–Kier alpha value is -1.30. The molecule has 2 aliphatic heterocycles. The molecule has 2 fully saturated rings. The van der Waals surface area contributed by atoms with Crippen LogP contribution >= 0.6 is 11.8 Å². The van der Waals surface area contributed by atoms with E-state index in [1.165, 1.54) is 0 Å². The van der Waals surface area contributed by atoms with Crippen LogP contribution < -0.4 is 4.90 Å². The molecule has 0 radical (unpaired) electrons. The van der Waals surface area contributed by atoms with Gasteiger partial charge in [-0.3, -0.25) is 9.78 Å². The van der Waals surface area contributed by atoms with Crippen LogP contribution in [0.25, 0.3) is 0 Å². The topological polar surface area (TPSA) is 49.3 Å². The van der Waals surface area contributed by atoms with E-state index >= 15 is 0 Å². The second kappa shape index (κ2) is 6.86. The summed E-state index contributed by atoms with van der Waals surface area (Å²) in [6.45, 7) is 7.09. The Morgan fingerprint density at radius 3 is 2.68 bits per heavy atom. The lowest BCUT2D eigenvalue weighted by Crippen LogP contribution is -2.51. The van der Waals surface area contributed by atoms with Crippen molar-refractivity contribution in [3.05, 3.63) is 18.6 Å². The molecule has 0 unspecified atom stereocenters. The molecule has 1 aromatic heterocycles. The number of amides is 1. The third-order valence-corrected chi connectivity index (χ3v) is 6.22. The maximum absolute atomic E-state index is 12.8. The number of hydrogen-bond acceptors (Lipinski definition) is 5. The monoisotopic (exact) mass is 320 g/mol. The first kappa shape index (κ1) is 15.6. The molecule has 0 aliphatic carbocycles. The van der Waals surface area contributed by atoms with Gasteiger partial charge in [-0.05, 0) is 19.8 Å². The van der Waals surface area contributed by atoms with Crippen molar-refractivity contribution in [2.24, 2.45) is 5.92 Å². The Morgan fingerprint density at radius 1 is 1.23 bits per heavy atom. The first-order chi connectivity index (χ1) is 10.7. The zero-order chi connectivity index (χ0) is 15.5. The highest BCUT2D eigenvalue weighted by atomic mass is 32.2. The van der Waals surface area contributed by atoms with Crippen molar-refractivity contribution in [3.8, 4) is 0 Å². The van der Waals surface area contributed by atoms with E-state index in [2.05, 4.69) is 33.6 Å². The van der Waals surface area contributed by atoms with Crippen molar-refractivity contribution in [1.29, 1.82) is 0 Å². The second-order valence-corrected chi connectivity index (χ2v) is 7.66. The fourth-order valence-electron chi connectivity index (χ4n) is 3.29. The quantitative estimate of drug-likeness (QED) is 0.835. The molecular weight excluding hydrogens is 296 g/mol. The fourth-order valence-corrected chi connectivity index (χ4v) is 4.39. The number of nitrogens with zero attached hydrogens (tertiary/aromatic N) is 4. The number of thioether (sulfide) groups is 1. The summed E-state index contributed by atoms with van der Waals surface area (Å²) in [7, 11) is 0. The van der Waals surface area contributed by atoms with Crippen molar-refractivity contribution in [2.45, 2.75) is 38.0 Å². The number of carbonyl (C=O) groups excluding carboxylic acids is 1. The molecule has 0 aromatic carbocycles.